The predicted molar refractivity (Wildman–Crippen MR) is 90.2 cm³/mol. The van der Waals surface area contributed by atoms with Crippen LogP contribution in [0.4, 0.5) is 6.01 Å². The number of anilines is 1. The number of rotatable bonds is 5. The molecule has 6 nitrogen and oxygen atoms in total. The second kappa shape index (κ2) is 7.47. The van der Waals surface area contributed by atoms with Gasteiger partial charge in [0.15, 0.2) is 0 Å². The second-order valence-corrected chi connectivity index (χ2v) is 6.31. The van der Waals surface area contributed by atoms with Gasteiger partial charge in [0.2, 0.25) is 11.8 Å². The molecule has 0 radical (unpaired) electrons. The van der Waals surface area contributed by atoms with E-state index >= 15 is 0 Å². The Balaban J connectivity index is 1.58. The van der Waals surface area contributed by atoms with Gasteiger partial charge in [-0.05, 0) is 37.0 Å². The summed E-state index contributed by atoms with van der Waals surface area (Å²) in [5.74, 6) is 1.62. The topological polar surface area (TPSA) is 77.2 Å². The number of aryl methyl sites for hydroxylation is 1. The van der Waals surface area contributed by atoms with Crippen molar-refractivity contribution in [2.45, 2.75) is 51.4 Å². The number of nitrogens with one attached hydrogen (secondary N) is 1. The predicted octanol–water partition coefficient (Wildman–Crippen LogP) is 3.62. The molecule has 0 saturated heterocycles. The third-order valence-electron chi connectivity index (χ3n) is 4.47. The molecule has 1 saturated carbocycles. The highest BCUT2D eigenvalue weighted by Gasteiger charge is 2.21. The molecule has 24 heavy (non-hydrogen) atoms. The molecule has 1 aliphatic carbocycles. The van der Waals surface area contributed by atoms with E-state index in [0.717, 1.165) is 29.7 Å². The molecule has 0 unspecified atom stereocenters. The van der Waals surface area contributed by atoms with E-state index in [1.165, 1.54) is 19.3 Å². The maximum Gasteiger partial charge on any atom is 0.322 e. The van der Waals surface area contributed by atoms with Gasteiger partial charge in [-0.1, -0.05) is 36.5 Å². The van der Waals surface area contributed by atoms with Crippen LogP contribution in [0.3, 0.4) is 0 Å². The van der Waals surface area contributed by atoms with Crippen molar-refractivity contribution in [1.29, 1.82) is 0 Å². The molecule has 1 amide bonds. The highest BCUT2D eigenvalue weighted by atomic mass is 16.5. The Morgan fingerprint density at radius 2 is 2.08 bits per heavy atom. The number of amides is 1. The molecule has 0 atom stereocenters. The molecule has 1 aromatic carbocycles. The van der Waals surface area contributed by atoms with Gasteiger partial charge in [-0.3, -0.25) is 10.1 Å². The summed E-state index contributed by atoms with van der Waals surface area (Å²) in [5.41, 5.74) is 1.91. The Kier molecular flexibility index (Phi) is 5.13. The van der Waals surface area contributed by atoms with Crippen molar-refractivity contribution in [2.24, 2.45) is 0 Å². The van der Waals surface area contributed by atoms with Gasteiger partial charge in [0.05, 0.1) is 13.5 Å². The quantitative estimate of drug-likeness (QED) is 0.906. The van der Waals surface area contributed by atoms with Gasteiger partial charge < -0.3 is 9.15 Å². The number of benzene rings is 1. The maximum atomic E-state index is 12.2. The van der Waals surface area contributed by atoms with Gasteiger partial charge in [0.25, 0.3) is 0 Å². The molecule has 1 aromatic heterocycles. The lowest BCUT2D eigenvalue weighted by Crippen LogP contribution is -2.14. The molecule has 3 rings (SSSR count). The largest absolute Gasteiger partial charge is 0.496 e. The van der Waals surface area contributed by atoms with Crippen molar-refractivity contribution in [1.82, 2.24) is 10.2 Å². The van der Waals surface area contributed by atoms with Gasteiger partial charge in [-0.15, -0.1) is 5.10 Å². The Bertz CT molecular complexity index is 705. The standard InChI is InChI=1S/C18H23N3O3/c1-12-10-13(8-9-15(12)23-2)11-16(22)19-18-21-20-17(24-18)14-6-4-3-5-7-14/h8-10,14H,3-7,11H2,1-2H3,(H,19,21,22). The maximum absolute atomic E-state index is 12.2. The lowest BCUT2D eigenvalue weighted by Gasteiger charge is -2.17. The molecule has 6 heteroatoms. The van der Waals surface area contributed by atoms with Crippen molar-refractivity contribution < 1.29 is 13.9 Å². The molecule has 1 fully saturated rings. The zero-order valence-corrected chi connectivity index (χ0v) is 14.2. The molecule has 128 valence electrons. The first kappa shape index (κ1) is 16.5. The summed E-state index contributed by atoms with van der Waals surface area (Å²) in [6, 6.07) is 5.88. The molecule has 1 aliphatic rings. The summed E-state index contributed by atoms with van der Waals surface area (Å²) in [6.45, 7) is 1.95. The van der Waals surface area contributed by atoms with E-state index in [9.17, 15) is 4.79 Å². The van der Waals surface area contributed by atoms with Gasteiger partial charge in [-0.25, -0.2) is 0 Å². The van der Waals surface area contributed by atoms with E-state index in [1.54, 1.807) is 7.11 Å². The van der Waals surface area contributed by atoms with Crippen molar-refractivity contribution in [3.8, 4) is 5.75 Å². The van der Waals surface area contributed by atoms with E-state index in [0.29, 0.717) is 11.8 Å². The van der Waals surface area contributed by atoms with Crippen LogP contribution in [-0.2, 0) is 11.2 Å². The summed E-state index contributed by atoms with van der Waals surface area (Å²) in [6.07, 6.45) is 6.10. The number of carbonyl (C=O) groups is 1. The number of hydrogen-bond acceptors (Lipinski definition) is 5. The van der Waals surface area contributed by atoms with Crippen LogP contribution in [-0.4, -0.2) is 23.2 Å². The van der Waals surface area contributed by atoms with Crippen LogP contribution >= 0.6 is 0 Å². The summed E-state index contributed by atoms with van der Waals surface area (Å²) in [4.78, 5) is 12.2. The van der Waals surface area contributed by atoms with Crippen molar-refractivity contribution in [2.75, 3.05) is 12.4 Å². The number of methoxy groups -OCH3 is 1. The zero-order chi connectivity index (χ0) is 16.9. The van der Waals surface area contributed by atoms with Gasteiger partial charge >= 0.3 is 6.01 Å². The van der Waals surface area contributed by atoms with E-state index in [1.807, 2.05) is 25.1 Å². The van der Waals surface area contributed by atoms with Crippen LogP contribution in [0, 0.1) is 6.92 Å². The normalized spacial score (nSPS) is 15.2. The van der Waals surface area contributed by atoms with E-state index < -0.39 is 0 Å². The second-order valence-electron chi connectivity index (χ2n) is 6.31. The molecule has 0 aliphatic heterocycles. The number of ether oxygens (including phenoxy) is 1. The monoisotopic (exact) mass is 329 g/mol. The summed E-state index contributed by atoms with van der Waals surface area (Å²) in [7, 11) is 1.63. The Hall–Kier alpha value is -2.37. The molecule has 1 heterocycles. The first-order valence-corrected chi connectivity index (χ1v) is 8.42. The van der Waals surface area contributed by atoms with Gasteiger partial charge in [0.1, 0.15) is 5.75 Å². The average Bonchev–Trinajstić information content (AvgIpc) is 3.04. The van der Waals surface area contributed by atoms with Gasteiger partial charge in [-0.2, -0.15) is 0 Å². The first-order valence-electron chi connectivity index (χ1n) is 8.42. The highest BCUT2D eigenvalue weighted by molar-refractivity contribution is 5.90. The summed E-state index contributed by atoms with van der Waals surface area (Å²) in [5, 5.41) is 10.7. The third-order valence-corrected chi connectivity index (χ3v) is 4.47. The van der Waals surface area contributed by atoms with E-state index in [2.05, 4.69) is 15.5 Å². The van der Waals surface area contributed by atoms with Gasteiger partial charge in [0, 0.05) is 5.92 Å². The van der Waals surface area contributed by atoms with Crippen molar-refractivity contribution >= 4 is 11.9 Å². The fraction of sp³-hybridized carbons (Fsp3) is 0.500. The summed E-state index contributed by atoms with van der Waals surface area (Å²) < 4.78 is 10.8. The molecule has 1 N–H and O–H groups in total. The fourth-order valence-corrected chi connectivity index (χ4v) is 3.20. The average molecular weight is 329 g/mol. The minimum Gasteiger partial charge on any atom is -0.496 e. The minimum absolute atomic E-state index is 0.168. The minimum atomic E-state index is -0.168. The van der Waals surface area contributed by atoms with Crippen LogP contribution in [0.2, 0.25) is 0 Å². The highest BCUT2D eigenvalue weighted by Crippen LogP contribution is 2.32. The van der Waals surface area contributed by atoms with Crippen molar-refractivity contribution in [3.63, 3.8) is 0 Å². The lowest BCUT2D eigenvalue weighted by atomic mass is 9.89. The van der Waals surface area contributed by atoms with Crippen LogP contribution in [0.15, 0.2) is 22.6 Å². The molecule has 0 bridgehead atoms. The van der Waals surface area contributed by atoms with E-state index in [4.69, 9.17) is 9.15 Å². The third kappa shape index (κ3) is 3.93. The first-order chi connectivity index (χ1) is 11.7. The van der Waals surface area contributed by atoms with Crippen molar-refractivity contribution in [3.05, 3.63) is 35.2 Å². The Morgan fingerprint density at radius 3 is 2.79 bits per heavy atom. The Labute approximate surface area is 141 Å². The van der Waals surface area contributed by atoms with Crippen LogP contribution in [0.1, 0.15) is 55.0 Å². The van der Waals surface area contributed by atoms with Crippen LogP contribution < -0.4 is 10.1 Å². The molecule has 0 spiro atoms. The number of aromatic nitrogens is 2. The van der Waals surface area contributed by atoms with Crippen LogP contribution in [0.25, 0.3) is 0 Å². The number of nitrogens with zero attached hydrogens (tertiary/aromatic N) is 2. The fourth-order valence-electron chi connectivity index (χ4n) is 3.20. The SMILES string of the molecule is COc1ccc(CC(=O)Nc2nnc(C3CCCCC3)o2)cc1C. The number of carbonyl (C=O) groups excluding carboxylic acids is 1. The summed E-state index contributed by atoms with van der Waals surface area (Å²) >= 11 is 0. The Morgan fingerprint density at radius 1 is 1.29 bits per heavy atom. The lowest BCUT2D eigenvalue weighted by molar-refractivity contribution is -0.115. The van der Waals surface area contributed by atoms with E-state index in [-0.39, 0.29) is 18.3 Å². The smallest absolute Gasteiger partial charge is 0.322 e. The number of hydrogen-bond donors (Lipinski definition) is 1. The molecule has 2 aromatic rings. The zero-order valence-electron chi connectivity index (χ0n) is 14.2. The van der Waals surface area contributed by atoms with Crippen LogP contribution in [0.5, 0.6) is 5.75 Å². The molecular weight excluding hydrogens is 306 g/mol. The molecular formula is C18H23N3O3.